The molecule has 3 rings (SSSR count). The van der Waals surface area contributed by atoms with Crippen LogP contribution in [0.4, 0.5) is 5.69 Å². The molecule has 7 heteroatoms. The molecule has 1 amide bonds. The van der Waals surface area contributed by atoms with Crippen molar-refractivity contribution < 1.29 is 14.3 Å². The van der Waals surface area contributed by atoms with Crippen molar-refractivity contribution in [2.75, 3.05) is 52.0 Å². The van der Waals surface area contributed by atoms with Crippen molar-refractivity contribution in [3.05, 3.63) is 64.7 Å². The number of carbonyl (C=O) groups excluding carboxylic acids is 1. The third-order valence-corrected chi connectivity index (χ3v) is 4.95. The second-order valence-electron chi connectivity index (χ2n) is 6.73. The van der Waals surface area contributed by atoms with Crippen LogP contribution in [0.1, 0.15) is 11.1 Å². The summed E-state index contributed by atoms with van der Waals surface area (Å²) in [6, 6.07) is 14.9. The van der Waals surface area contributed by atoms with E-state index in [-0.39, 0.29) is 5.91 Å². The molecule has 29 heavy (non-hydrogen) atoms. The number of amides is 1. The first-order valence-electron chi connectivity index (χ1n) is 9.60. The maximum absolute atomic E-state index is 13.1. The Kier molecular flexibility index (Phi) is 7.77. The molecular formula is C22H26ClN3O3. The van der Waals surface area contributed by atoms with Crippen molar-refractivity contribution >= 4 is 28.9 Å². The van der Waals surface area contributed by atoms with Gasteiger partial charge in [-0.2, -0.15) is 0 Å². The molecule has 0 saturated heterocycles. The highest BCUT2D eigenvalue weighted by Crippen LogP contribution is 2.30. The summed E-state index contributed by atoms with van der Waals surface area (Å²) in [5.74, 6) is -0.0627. The van der Waals surface area contributed by atoms with E-state index in [0.29, 0.717) is 37.9 Å². The number of nitrogens with zero attached hydrogens (tertiary/aromatic N) is 2. The first-order chi connectivity index (χ1) is 14.1. The number of benzodiazepines with no additional fused rings is 1. The molecule has 6 nitrogen and oxygen atoms in total. The number of methoxy groups -OCH3 is 1. The van der Waals surface area contributed by atoms with Crippen molar-refractivity contribution in [1.29, 1.82) is 0 Å². The zero-order chi connectivity index (χ0) is 20.6. The molecule has 1 atom stereocenters. The molecule has 2 aromatic carbocycles. The fraction of sp³-hybridized carbons (Fsp3) is 0.364. The lowest BCUT2D eigenvalue weighted by atomic mass is 10.0. The Morgan fingerprint density at radius 3 is 2.69 bits per heavy atom. The number of fused-ring (bicyclic) bond motifs is 1. The Hall–Kier alpha value is -2.25. The van der Waals surface area contributed by atoms with Gasteiger partial charge in [-0.15, -0.1) is 0 Å². The highest BCUT2D eigenvalue weighted by Gasteiger charge is 2.29. The standard InChI is InChI=1S/C22H26ClN3O3/c1-26-20-9-8-17(23)14-18(20)21(16-6-4-3-5-7-16)25-19(22(26)27)15-24-10-11-29-13-12-28-2/h3-9,14,19,24H,10-13,15H2,1-2H3. The van der Waals surface area contributed by atoms with Crippen molar-refractivity contribution in [3.63, 3.8) is 0 Å². The number of anilines is 1. The normalized spacial score (nSPS) is 16.4. The number of benzene rings is 2. The van der Waals surface area contributed by atoms with E-state index in [9.17, 15) is 4.79 Å². The highest BCUT2D eigenvalue weighted by molar-refractivity contribution is 6.32. The van der Waals surface area contributed by atoms with Crippen LogP contribution in [-0.4, -0.2) is 64.7 Å². The van der Waals surface area contributed by atoms with Crippen molar-refractivity contribution in [2.24, 2.45) is 4.99 Å². The van der Waals surface area contributed by atoms with Crippen LogP contribution in [-0.2, 0) is 14.3 Å². The zero-order valence-electron chi connectivity index (χ0n) is 16.7. The van der Waals surface area contributed by atoms with Crippen LogP contribution in [0.15, 0.2) is 53.5 Å². The molecule has 1 heterocycles. The third kappa shape index (κ3) is 5.42. The predicted molar refractivity (Wildman–Crippen MR) is 116 cm³/mol. The van der Waals surface area contributed by atoms with Crippen LogP contribution >= 0.6 is 11.6 Å². The second-order valence-corrected chi connectivity index (χ2v) is 7.16. The van der Waals surface area contributed by atoms with Crippen LogP contribution in [0.5, 0.6) is 0 Å². The van der Waals surface area contributed by atoms with Gasteiger partial charge in [0.05, 0.1) is 31.2 Å². The van der Waals surface area contributed by atoms with Gasteiger partial charge in [-0.1, -0.05) is 41.9 Å². The van der Waals surface area contributed by atoms with Crippen LogP contribution in [0.3, 0.4) is 0 Å². The summed E-state index contributed by atoms with van der Waals surface area (Å²) in [6.07, 6.45) is 0. The number of halogens is 1. The Morgan fingerprint density at radius 2 is 1.93 bits per heavy atom. The van der Waals surface area contributed by atoms with Gasteiger partial charge >= 0.3 is 0 Å². The Morgan fingerprint density at radius 1 is 1.14 bits per heavy atom. The van der Waals surface area contributed by atoms with E-state index < -0.39 is 6.04 Å². The summed E-state index contributed by atoms with van der Waals surface area (Å²) in [5.41, 5.74) is 3.37. The second kappa shape index (κ2) is 10.5. The van der Waals surface area contributed by atoms with Crippen LogP contribution in [0.2, 0.25) is 5.02 Å². The Balaban J connectivity index is 1.82. The number of hydrogen-bond acceptors (Lipinski definition) is 5. The molecule has 0 aromatic heterocycles. The molecule has 1 N–H and O–H groups in total. The van der Waals surface area contributed by atoms with Crippen molar-refractivity contribution in [1.82, 2.24) is 5.32 Å². The molecule has 0 saturated carbocycles. The monoisotopic (exact) mass is 415 g/mol. The SMILES string of the molecule is COCCOCCNCC1N=C(c2ccccc2)c2cc(Cl)ccc2N(C)C1=O. The molecule has 0 bridgehead atoms. The van der Waals surface area contributed by atoms with E-state index in [1.165, 1.54) is 0 Å². The molecule has 1 unspecified atom stereocenters. The van der Waals surface area contributed by atoms with Crippen molar-refractivity contribution in [2.45, 2.75) is 6.04 Å². The van der Waals surface area contributed by atoms with E-state index in [1.54, 1.807) is 25.1 Å². The minimum atomic E-state index is -0.541. The Bertz CT molecular complexity index is 858. The molecule has 0 spiro atoms. The minimum Gasteiger partial charge on any atom is -0.382 e. The van der Waals surface area contributed by atoms with E-state index in [1.807, 2.05) is 42.5 Å². The lowest BCUT2D eigenvalue weighted by Crippen LogP contribution is -2.41. The van der Waals surface area contributed by atoms with E-state index in [0.717, 1.165) is 22.5 Å². The van der Waals surface area contributed by atoms with Gasteiger partial charge in [0, 0.05) is 43.4 Å². The van der Waals surface area contributed by atoms with Gasteiger partial charge in [-0.3, -0.25) is 9.79 Å². The zero-order valence-corrected chi connectivity index (χ0v) is 17.5. The summed E-state index contributed by atoms with van der Waals surface area (Å²) in [4.78, 5) is 19.6. The number of nitrogens with one attached hydrogen (secondary N) is 1. The number of likely N-dealkylation sites (N-methyl/N-ethyl adjacent to an activating group) is 1. The fourth-order valence-electron chi connectivity index (χ4n) is 3.20. The molecule has 1 aliphatic heterocycles. The number of aliphatic imine (C=N–C) groups is 1. The summed E-state index contributed by atoms with van der Waals surface area (Å²) in [5, 5.41) is 3.88. The molecule has 0 radical (unpaired) electrons. The summed E-state index contributed by atoms with van der Waals surface area (Å²) < 4.78 is 10.4. The van der Waals surface area contributed by atoms with Crippen molar-refractivity contribution in [3.8, 4) is 0 Å². The summed E-state index contributed by atoms with van der Waals surface area (Å²) in [6.45, 7) is 2.72. The van der Waals surface area contributed by atoms with Gasteiger partial charge < -0.3 is 19.7 Å². The van der Waals surface area contributed by atoms with Gasteiger partial charge in [0.1, 0.15) is 6.04 Å². The molecule has 0 aliphatic carbocycles. The lowest BCUT2D eigenvalue weighted by molar-refractivity contribution is -0.119. The topological polar surface area (TPSA) is 63.2 Å². The predicted octanol–water partition coefficient (Wildman–Crippen LogP) is 2.78. The van der Waals surface area contributed by atoms with Gasteiger partial charge in [0.2, 0.25) is 0 Å². The van der Waals surface area contributed by atoms with Crippen LogP contribution in [0, 0.1) is 0 Å². The molecule has 154 valence electrons. The average molecular weight is 416 g/mol. The van der Waals surface area contributed by atoms with Gasteiger partial charge in [-0.25, -0.2) is 0 Å². The lowest BCUT2D eigenvalue weighted by Gasteiger charge is -2.20. The van der Waals surface area contributed by atoms with E-state index in [4.69, 9.17) is 26.1 Å². The average Bonchev–Trinajstić information content (AvgIpc) is 2.84. The largest absolute Gasteiger partial charge is 0.382 e. The van der Waals surface area contributed by atoms with E-state index in [2.05, 4.69) is 5.32 Å². The van der Waals surface area contributed by atoms with Crippen LogP contribution in [0.25, 0.3) is 0 Å². The Labute approximate surface area is 176 Å². The maximum Gasteiger partial charge on any atom is 0.252 e. The quantitative estimate of drug-likeness (QED) is 0.640. The molecule has 0 fully saturated rings. The maximum atomic E-state index is 13.1. The number of rotatable bonds is 9. The fourth-order valence-corrected chi connectivity index (χ4v) is 3.37. The van der Waals surface area contributed by atoms with Gasteiger partial charge in [-0.05, 0) is 18.2 Å². The molecule has 1 aliphatic rings. The first-order valence-corrected chi connectivity index (χ1v) is 9.97. The van der Waals surface area contributed by atoms with Crippen LogP contribution < -0.4 is 10.2 Å². The van der Waals surface area contributed by atoms with E-state index >= 15 is 0 Å². The summed E-state index contributed by atoms with van der Waals surface area (Å²) >= 11 is 6.26. The number of carbonyl (C=O) groups is 1. The third-order valence-electron chi connectivity index (χ3n) is 4.72. The highest BCUT2D eigenvalue weighted by atomic mass is 35.5. The number of hydrogen-bond donors (Lipinski definition) is 1. The molecular weight excluding hydrogens is 390 g/mol. The van der Waals surface area contributed by atoms with Gasteiger partial charge in [0.25, 0.3) is 5.91 Å². The number of ether oxygens (including phenoxy) is 2. The van der Waals surface area contributed by atoms with Gasteiger partial charge in [0.15, 0.2) is 0 Å². The smallest absolute Gasteiger partial charge is 0.252 e. The first kappa shape index (κ1) is 21.5. The summed E-state index contributed by atoms with van der Waals surface area (Å²) in [7, 11) is 3.42. The molecule has 2 aromatic rings. The minimum absolute atomic E-state index is 0.0627.